The minimum Gasteiger partial charge on any atom is -0.300 e. The van der Waals surface area contributed by atoms with Gasteiger partial charge in [0.05, 0.1) is 0 Å². The summed E-state index contributed by atoms with van der Waals surface area (Å²) in [5, 5.41) is 0. The second kappa shape index (κ2) is 7.22. The van der Waals surface area contributed by atoms with E-state index in [1.54, 1.807) is 6.92 Å². The maximum absolute atomic E-state index is 12.3. The summed E-state index contributed by atoms with van der Waals surface area (Å²) in [4.78, 5) is 23.3. The molecule has 0 fully saturated rings. The summed E-state index contributed by atoms with van der Waals surface area (Å²) in [6.45, 7) is 7.54. The summed E-state index contributed by atoms with van der Waals surface area (Å²) in [6.07, 6.45) is 9.27. The van der Waals surface area contributed by atoms with Gasteiger partial charge in [0.2, 0.25) is 0 Å². The maximum Gasteiger partial charge on any atom is 0.165 e. The lowest BCUT2D eigenvalue weighted by molar-refractivity contribution is -0.118. The molecule has 0 N–H and O–H groups in total. The third-order valence-corrected chi connectivity index (χ3v) is 3.64. The molecule has 0 aliphatic heterocycles. The molecule has 0 radical (unpaired) electrons. The average molecular weight is 260 g/mol. The van der Waals surface area contributed by atoms with Gasteiger partial charge in [-0.25, -0.2) is 0 Å². The number of rotatable bonds is 4. The summed E-state index contributed by atoms with van der Waals surface area (Å²) < 4.78 is 0. The minimum atomic E-state index is -0.0671. The zero-order valence-corrected chi connectivity index (χ0v) is 12.5. The fourth-order valence-corrected chi connectivity index (χ4v) is 2.26. The molecule has 0 aromatic heterocycles. The molecular formula is C17H24O2. The van der Waals surface area contributed by atoms with Gasteiger partial charge in [-0.2, -0.15) is 0 Å². The standard InChI is InChI=1S/C17H24O2/c1-12-8-10-13(2)17(19)15(4)16(11-9-12)7-5-6-14(3)18/h8,10-11,15H,5-7,9H2,1-4H3/b12-8-,13-10+,16-11-. The molecular weight excluding hydrogens is 236 g/mol. The Morgan fingerprint density at radius 1 is 1.32 bits per heavy atom. The number of ketones is 2. The quantitative estimate of drug-likeness (QED) is 0.711. The van der Waals surface area contributed by atoms with Crippen LogP contribution >= 0.6 is 0 Å². The molecule has 0 bridgehead atoms. The number of hydrogen-bond acceptors (Lipinski definition) is 2. The average Bonchev–Trinajstić information content (AvgIpc) is 2.40. The van der Waals surface area contributed by atoms with E-state index in [4.69, 9.17) is 0 Å². The minimum absolute atomic E-state index is 0.0671. The zero-order valence-electron chi connectivity index (χ0n) is 12.5. The fourth-order valence-electron chi connectivity index (χ4n) is 2.26. The van der Waals surface area contributed by atoms with Crippen molar-refractivity contribution < 1.29 is 9.59 Å². The molecule has 2 nitrogen and oxygen atoms in total. The SMILES string of the molecule is CC(=O)CCC/C1=C/C/C(C)=C\C=C(/C)C(=O)C1C. The predicted octanol–water partition coefficient (Wildman–Crippen LogP) is 4.17. The first-order valence-electron chi connectivity index (χ1n) is 6.98. The molecule has 1 unspecified atom stereocenters. The molecule has 0 saturated carbocycles. The number of carbonyl (C=O) groups excluding carboxylic acids is 2. The third kappa shape index (κ3) is 4.98. The van der Waals surface area contributed by atoms with Crippen molar-refractivity contribution in [3.8, 4) is 0 Å². The summed E-state index contributed by atoms with van der Waals surface area (Å²) >= 11 is 0. The summed E-state index contributed by atoms with van der Waals surface area (Å²) in [5.41, 5.74) is 3.24. The van der Waals surface area contributed by atoms with Gasteiger partial charge in [0.1, 0.15) is 5.78 Å². The van der Waals surface area contributed by atoms with Crippen molar-refractivity contribution in [1.29, 1.82) is 0 Å². The van der Waals surface area contributed by atoms with Gasteiger partial charge < -0.3 is 4.79 Å². The van der Waals surface area contributed by atoms with Gasteiger partial charge in [-0.05, 0) is 45.6 Å². The summed E-state index contributed by atoms with van der Waals surface area (Å²) in [5.74, 6) is 0.345. The van der Waals surface area contributed by atoms with Gasteiger partial charge in [0.25, 0.3) is 0 Å². The van der Waals surface area contributed by atoms with Crippen molar-refractivity contribution in [3.05, 3.63) is 34.9 Å². The largest absolute Gasteiger partial charge is 0.300 e. The van der Waals surface area contributed by atoms with E-state index in [1.807, 2.05) is 26.0 Å². The van der Waals surface area contributed by atoms with Crippen LogP contribution in [0.2, 0.25) is 0 Å². The Morgan fingerprint density at radius 3 is 2.63 bits per heavy atom. The first-order valence-corrected chi connectivity index (χ1v) is 6.98. The highest BCUT2D eigenvalue weighted by atomic mass is 16.1. The van der Waals surface area contributed by atoms with Gasteiger partial charge in [-0.3, -0.25) is 4.79 Å². The molecule has 0 aromatic carbocycles. The van der Waals surface area contributed by atoms with E-state index >= 15 is 0 Å². The van der Waals surface area contributed by atoms with Gasteiger partial charge in [-0.15, -0.1) is 0 Å². The molecule has 0 saturated heterocycles. The third-order valence-electron chi connectivity index (χ3n) is 3.64. The van der Waals surface area contributed by atoms with Crippen LogP contribution in [0.1, 0.15) is 53.4 Å². The van der Waals surface area contributed by atoms with Crippen molar-refractivity contribution in [2.75, 3.05) is 0 Å². The van der Waals surface area contributed by atoms with E-state index in [2.05, 4.69) is 13.0 Å². The smallest absolute Gasteiger partial charge is 0.165 e. The topological polar surface area (TPSA) is 34.1 Å². The van der Waals surface area contributed by atoms with Crippen LogP contribution in [0.5, 0.6) is 0 Å². The highest BCUT2D eigenvalue weighted by Gasteiger charge is 2.19. The number of Topliss-reactive ketones (excluding diaryl/α,β-unsaturated/α-hetero) is 2. The molecule has 1 rings (SSSR count). The molecule has 1 aliphatic carbocycles. The van der Waals surface area contributed by atoms with E-state index in [9.17, 15) is 9.59 Å². The second-order valence-corrected chi connectivity index (χ2v) is 5.49. The van der Waals surface area contributed by atoms with Crippen LogP contribution in [0, 0.1) is 5.92 Å². The normalized spacial score (nSPS) is 28.9. The molecule has 0 heterocycles. The van der Waals surface area contributed by atoms with Gasteiger partial charge in [-0.1, -0.05) is 36.3 Å². The Bertz CT molecular complexity index is 450. The van der Waals surface area contributed by atoms with E-state index in [1.165, 1.54) is 11.1 Å². The molecule has 104 valence electrons. The fraction of sp³-hybridized carbons (Fsp3) is 0.529. The Hall–Kier alpha value is -1.44. The van der Waals surface area contributed by atoms with Gasteiger partial charge >= 0.3 is 0 Å². The Labute approximate surface area is 116 Å². The van der Waals surface area contributed by atoms with Crippen LogP contribution in [-0.4, -0.2) is 11.6 Å². The Morgan fingerprint density at radius 2 is 2.00 bits per heavy atom. The first-order chi connectivity index (χ1) is 8.91. The highest BCUT2D eigenvalue weighted by Crippen LogP contribution is 2.24. The van der Waals surface area contributed by atoms with E-state index < -0.39 is 0 Å². The van der Waals surface area contributed by atoms with Crippen molar-refractivity contribution in [3.63, 3.8) is 0 Å². The van der Waals surface area contributed by atoms with Crippen LogP contribution in [0.4, 0.5) is 0 Å². The molecule has 19 heavy (non-hydrogen) atoms. The maximum atomic E-state index is 12.3. The number of carbonyl (C=O) groups is 2. The summed E-state index contributed by atoms with van der Waals surface area (Å²) in [7, 11) is 0. The number of hydrogen-bond donors (Lipinski definition) is 0. The van der Waals surface area contributed by atoms with E-state index in [0.29, 0.717) is 6.42 Å². The van der Waals surface area contributed by atoms with Crippen molar-refractivity contribution >= 4 is 11.6 Å². The van der Waals surface area contributed by atoms with Crippen LogP contribution in [0.15, 0.2) is 34.9 Å². The van der Waals surface area contributed by atoms with Crippen LogP contribution in [-0.2, 0) is 9.59 Å². The van der Waals surface area contributed by atoms with Crippen LogP contribution in [0.25, 0.3) is 0 Å². The highest BCUT2D eigenvalue weighted by molar-refractivity contribution is 5.98. The molecule has 2 heteroatoms. The van der Waals surface area contributed by atoms with E-state index in [-0.39, 0.29) is 17.5 Å². The Kier molecular flexibility index (Phi) is 5.94. The lowest BCUT2D eigenvalue weighted by Crippen LogP contribution is -2.14. The second-order valence-electron chi connectivity index (χ2n) is 5.49. The lowest BCUT2D eigenvalue weighted by atomic mass is 9.88. The van der Waals surface area contributed by atoms with E-state index in [0.717, 1.165) is 24.8 Å². The van der Waals surface area contributed by atoms with Crippen molar-refractivity contribution in [2.45, 2.75) is 53.4 Å². The van der Waals surface area contributed by atoms with Crippen LogP contribution < -0.4 is 0 Å². The Balaban J connectivity index is 2.85. The lowest BCUT2D eigenvalue weighted by Gasteiger charge is -2.15. The van der Waals surface area contributed by atoms with Gasteiger partial charge in [0, 0.05) is 12.3 Å². The van der Waals surface area contributed by atoms with Crippen molar-refractivity contribution in [2.24, 2.45) is 5.92 Å². The molecule has 0 aromatic rings. The molecule has 0 amide bonds. The summed E-state index contributed by atoms with van der Waals surface area (Å²) in [6, 6.07) is 0. The zero-order chi connectivity index (χ0) is 14.4. The van der Waals surface area contributed by atoms with Crippen LogP contribution in [0.3, 0.4) is 0 Å². The molecule has 1 aliphatic rings. The van der Waals surface area contributed by atoms with Gasteiger partial charge in [0.15, 0.2) is 5.78 Å². The predicted molar refractivity (Wildman–Crippen MR) is 78.9 cm³/mol. The molecule has 0 spiro atoms. The molecule has 1 atom stereocenters. The number of allylic oxidation sites excluding steroid dienone is 6. The first kappa shape index (κ1) is 15.6. The van der Waals surface area contributed by atoms with Crippen molar-refractivity contribution in [1.82, 2.24) is 0 Å². The monoisotopic (exact) mass is 260 g/mol.